The number of halogens is 1. The van der Waals surface area contributed by atoms with E-state index in [-0.39, 0.29) is 0 Å². The van der Waals surface area contributed by atoms with Crippen LogP contribution in [0.5, 0.6) is 0 Å². The third-order valence-corrected chi connectivity index (χ3v) is 2.35. The molecule has 0 amide bonds. The summed E-state index contributed by atoms with van der Waals surface area (Å²) in [6, 6.07) is 1.99. The van der Waals surface area contributed by atoms with Crippen molar-refractivity contribution in [1.29, 1.82) is 0 Å². The lowest BCUT2D eigenvalue weighted by molar-refractivity contribution is 0.759. The summed E-state index contributed by atoms with van der Waals surface area (Å²) in [5, 5.41) is 4.98. The Morgan fingerprint density at radius 2 is 2.55 bits per heavy atom. The number of aryl methyl sites for hydroxylation is 1. The number of aromatic nitrogens is 2. The first-order chi connectivity index (χ1) is 5.24. The van der Waals surface area contributed by atoms with Crippen molar-refractivity contribution in [2.75, 3.05) is 5.33 Å². The van der Waals surface area contributed by atoms with E-state index in [0.717, 1.165) is 11.0 Å². The standard InChI is InChI=1S/C8H11BrN2/c1-7(6-9)5-8-3-4-10-11(8)2/h3-5H,6H2,1-2H3. The van der Waals surface area contributed by atoms with E-state index in [4.69, 9.17) is 0 Å². The van der Waals surface area contributed by atoms with E-state index >= 15 is 0 Å². The minimum atomic E-state index is 0.915. The fourth-order valence-electron chi connectivity index (χ4n) is 0.817. The number of rotatable bonds is 2. The van der Waals surface area contributed by atoms with Gasteiger partial charge in [0.15, 0.2) is 0 Å². The molecule has 0 aliphatic heterocycles. The first kappa shape index (κ1) is 8.53. The number of hydrogen-bond donors (Lipinski definition) is 0. The second kappa shape index (κ2) is 3.72. The lowest BCUT2D eigenvalue weighted by Gasteiger charge is -1.95. The van der Waals surface area contributed by atoms with Crippen molar-refractivity contribution in [3.63, 3.8) is 0 Å². The zero-order valence-corrected chi connectivity index (χ0v) is 8.30. The highest BCUT2D eigenvalue weighted by Gasteiger charge is 1.93. The zero-order valence-electron chi connectivity index (χ0n) is 6.71. The first-order valence-corrected chi connectivity index (χ1v) is 4.57. The Morgan fingerprint density at radius 1 is 1.82 bits per heavy atom. The van der Waals surface area contributed by atoms with Gasteiger partial charge in [-0.25, -0.2) is 0 Å². The van der Waals surface area contributed by atoms with Crippen molar-refractivity contribution in [2.45, 2.75) is 6.92 Å². The van der Waals surface area contributed by atoms with E-state index in [2.05, 4.69) is 34.0 Å². The lowest BCUT2D eigenvalue weighted by Crippen LogP contribution is -1.92. The van der Waals surface area contributed by atoms with Crippen molar-refractivity contribution >= 4 is 22.0 Å². The molecule has 1 aromatic rings. The molecule has 0 spiro atoms. The third kappa shape index (κ3) is 2.19. The molecule has 0 aromatic carbocycles. The van der Waals surface area contributed by atoms with Gasteiger partial charge in [-0.3, -0.25) is 4.68 Å². The van der Waals surface area contributed by atoms with Crippen molar-refractivity contribution in [3.05, 3.63) is 23.5 Å². The van der Waals surface area contributed by atoms with Gasteiger partial charge in [0.1, 0.15) is 0 Å². The number of allylic oxidation sites excluding steroid dienone is 1. The molecule has 60 valence electrons. The summed E-state index contributed by atoms with van der Waals surface area (Å²) in [5.74, 6) is 0. The Morgan fingerprint density at radius 3 is 3.00 bits per heavy atom. The number of hydrogen-bond acceptors (Lipinski definition) is 1. The van der Waals surface area contributed by atoms with Gasteiger partial charge < -0.3 is 0 Å². The molecular weight excluding hydrogens is 204 g/mol. The first-order valence-electron chi connectivity index (χ1n) is 3.45. The van der Waals surface area contributed by atoms with Gasteiger partial charge in [-0.05, 0) is 19.1 Å². The van der Waals surface area contributed by atoms with Crippen LogP contribution < -0.4 is 0 Å². The Hall–Kier alpha value is -0.570. The second-order valence-corrected chi connectivity index (χ2v) is 3.06. The molecule has 0 bridgehead atoms. The summed E-state index contributed by atoms with van der Waals surface area (Å²) >= 11 is 3.39. The molecular formula is C8H11BrN2. The average Bonchev–Trinajstić information content (AvgIpc) is 2.37. The highest BCUT2D eigenvalue weighted by atomic mass is 79.9. The Labute approximate surface area is 75.0 Å². The lowest BCUT2D eigenvalue weighted by atomic mass is 10.3. The average molecular weight is 215 g/mol. The van der Waals surface area contributed by atoms with Crippen molar-refractivity contribution in [1.82, 2.24) is 9.78 Å². The molecule has 0 unspecified atom stereocenters. The molecule has 0 atom stereocenters. The fraction of sp³-hybridized carbons (Fsp3) is 0.375. The zero-order chi connectivity index (χ0) is 8.27. The summed E-state index contributed by atoms with van der Waals surface area (Å²) in [6.07, 6.45) is 3.91. The smallest absolute Gasteiger partial charge is 0.0606 e. The highest BCUT2D eigenvalue weighted by molar-refractivity contribution is 9.09. The molecule has 11 heavy (non-hydrogen) atoms. The van der Waals surface area contributed by atoms with E-state index in [1.807, 2.05) is 17.8 Å². The van der Waals surface area contributed by atoms with Gasteiger partial charge in [-0.2, -0.15) is 5.10 Å². The Balaban J connectivity index is 2.86. The van der Waals surface area contributed by atoms with Crippen LogP contribution in [0.25, 0.3) is 6.08 Å². The van der Waals surface area contributed by atoms with Crippen LogP contribution in [0.1, 0.15) is 12.6 Å². The van der Waals surface area contributed by atoms with E-state index in [1.165, 1.54) is 5.57 Å². The van der Waals surface area contributed by atoms with E-state index in [0.29, 0.717) is 0 Å². The van der Waals surface area contributed by atoms with Crippen LogP contribution in [0.2, 0.25) is 0 Å². The van der Waals surface area contributed by atoms with Gasteiger partial charge in [0.2, 0.25) is 0 Å². The van der Waals surface area contributed by atoms with Crippen molar-refractivity contribution in [2.24, 2.45) is 7.05 Å². The maximum atomic E-state index is 4.06. The van der Waals surface area contributed by atoms with Gasteiger partial charge >= 0.3 is 0 Å². The summed E-state index contributed by atoms with van der Waals surface area (Å²) in [7, 11) is 1.94. The maximum absolute atomic E-state index is 4.06. The minimum absolute atomic E-state index is 0.915. The Bertz CT molecular complexity index is 263. The van der Waals surface area contributed by atoms with Gasteiger partial charge in [-0.1, -0.05) is 21.5 Å². The summed E-state index contributed by atoms with van der Waals surface area (Å²) < 4.78 is 1.85. The molecule has 0 saturated heterocycles. The largest absolute Gasteiger partial charge is 0.269 e. The van der Waals surface area contributed by atoms with Gasteiger partial charge in [-0.15, -0.1) is 0 Å². The van der Waals surface area contributed by atoms with Crippen LogP contribution in [0, 0.1) is 0 Å². The normalized spacial score (nSPS) is 12.1. The van der Waals surface area contributed by atoms with Crippen LogP contribution in [-0.2, 0) is 7.05 Å². The van der Waals surface area contributed by atoms with Gasteiger partial charge in [0, 0.05) is 18.6 Å². The van der Waals surface area contributed by atoms with E-state index < -0.39 is 0 Å². The highest BCUT2D eigenvalue weighted by Crippen LogP contribution is 2.06. The predicted octanol–water partition coefficient (Wildman–Crippen LogP) is 2.22. The van der Waals surface area contributed by atoms with Crippen molar-refractivity contribution in [3.8, 4) is 0 Å². The minimum Gasteiger partial charge on any atom is -0.269 e. The molecule has 2 nitrogen and oxygen atoms in total. The molecule has 1 heterocycles. The quantitative estimate of drug-likeness (QED) is 0.691. The maximum Gasteiger partial charge on any atom is 0.0606 e. The molecule has 0 saturated carbocycles. The summed E-state index contributed by atoms with van der Waals surface area (Å²) in [6.45, 7) is 2.09. The number of nitrogens with zero attached hydrogens (tertiary/aromatic N) is 2. The molecule has 3 heteroatoms. The second-order valence-electron chi connectivity index (χ2n) is 2.50. The van der Waals surface area contributed by atoms with Gasteiger partial charge in [0.05, 0.1) is 5.69 Å². The molecule has 1 aromatic heterocycles. The van der Waals surface area contributed by atoms with Crippen LogP contribution in [-0.4, -0.2) is 15.1 Å². The molecule has 0 fully saturated rings. The van der Waals surface area contributed by atoms with Crippen LogP contribution in [0.3, 0.4) is 0 Å². The monoisotopic (exact) mass is 214 g/mol. The summed E-state index contributed by atoms with van der Waals surface area (Å²) in [4.78, 5) is 0. The molecule has 0 aliphatic rings. The fourth-order valence-corrected chi connectivity index (χ4v) is 0.979. The predicted molar refractivity (Wildman–Crippen MR) is 50.7 cm³/mol. The molecule has 0 aliphatic carbocycles. The third-order valence-electron chi connectivity index (χ3n) is 1.46. The molecule has 0 radical (unpaired) electrons. The van der Waals surface area contributed by atoms with Crippen molar-refractivity contribution < 1.29 is 0 Å². The van der Waals surface area contributed by atoms with Crippen LogP contribution in [0.4, 0.5) is 0 Å². The summed E-state index contributed by atoms with van der Waals surface area (Å²) in [5.41, 5.74) is 2.44. The van der Waals surface area contributed by atoms with Crippen LogP contribution in [0.15, 0.2) is 17.8 Å². The van der Waals surface area contributed by atoms with E-state index in [1.54, 1.807) is 6.20 Å². The topological polar surface area (TPSA) is 17.8 Å². The Kier molecular flexibility index (Phi) is 2.88. The van der Waals surface area contributed by atoms with E-state index in [9.17, 15) is 0 Å². The molecule has 1 rings (SSSR count). The number of alkyl halides is 1. The molecule has 0 N–H and O–H groups in total. The SMILES string of the molecule is CC(=Cc1ccnn1C)CBr. The van der Waals surface area contributed by atoms with Gasteiger partial charge in [0.25, 0.3) is 0 Å². The van der Waals surface area contributed by atoms with Crippen LogP contribution >= 0.6 is 15.9 Å².